The van der Waals surface area contributed by atoms with Gasteiger partial charge in [0.2, 0.25) is 5.91 Å². The van der Waals surface area contributed by atoms with Crippen LogP contribution in [0.2, 0.25) is 0 Å². The molecule has 0 radical (unpaired) electrons. The van der Waals surface area contributed by atoms with Crippen LogP contribution in [0.4, 0.5) is 5.82 Å². The van der Waals surface area contributed by atoms with Crippen molar-refractivity contribution >= 4 is 48.9 Å². The summed E-state index contributed by atoms with van der Waals surface area (Å²) in [5.74, 6) is 1.28. The maximum Gasteiger partial charge on any atom is 0.224 e. The van der Waals surface area contributed by atoms with E-state index in [0.29, 0.717) is 6.54 Å². The molecule has 2 aliphatic heterocycles. The Balaban J connectivity index is 0.00000208. The van der Waals surface area contributed by atoms with E-state index < -0.39 is 0 Å². The van der Waals surface area contributed by atoms with Crippen molar-refractivity contribution in [3.05, 3.63) is 23.9 Å². The molecule has 0 saturated carbocycles. The molecule has 6 nitrogen and oxygen atoms in total. The van der Waals surface area contributed by atoms with Crippen molar-refractivity contribution in [2.75, 3.05) is 51.2 Å². The lowest BCUT2D eigenvalue weighted by Gasteiger charge is -2.34. The highest BCUT2D eigenvalue weighted by molar-refractivity contribution is 5.86. The summed E-state index contributed by atoms with van der Waals surface area (Å²) in [5, 5.41) is 6.40. The zero-order valence-electron chi connectivity index (χ0n) is 15.1. The zero-order valence-corrected chi connectivity index (χ0v) is 17.6. The Hall–Kier alpha value is -0.790. The molecule has 150 valence electrons. The molecule has 26 heavy (non-hydrogen) atoms. The van der Waals surface area contributed by atoms with E-state index in [-0.39, 0.29) is 49.0 Å². The number of halogens is 3. The SMILES string of the molecule is CN1CCN(c2ncccc2CNC(=O)C2CCCNC2)CC1.Cl.Cl.Cl. The van der Waals surface area contributed by atoms with Crippen LogP contribution in [0.3, 0.4) is 0 Å². The number of hydrogen-bond acceptors (Lipinski definition) is 5. The maximum atomic E-state index is 12.3. The third kappa shape index (κ3) is 6.74. The summed E-state index contributed by atoms with van der Waals surface area (Å²) in [6.07, 6.45) is 3.90. The first kappa shape index (κ1) is 25.2. The first-order chi connectivity index (χ1) is 11.2. The van der Waals surface area contributed by atoms with E-state index >= 15 is 0 Å². The van der Waals surface area contributed by atoms with Crippen molar-refractivity contribution in [1.29, 1.82) is 0 Å². The molecule has 1 aromatic heterocycles. The molecule has 0 spiro atoms. The number of carbonyl (C=O) groups is 1. The van der Waals surface area contributed by atoms with Gasteiger partial charge in [0.25, 0.3) is 0 Å². The molecule has 1 unspecified atom stereocenters. The summed E-state index contributed by atoms with van der Waals surface area (Å²) < 4.78 is 0. The molecule has 0 aromatic carbocycles. The Bertz CT molecular complexity index is 535. The molecule has 1 atom stereocenters. The van der Waals surface area contributed by atoms with Crippen molar-refractivity contribution in [2.24, 2.45) is 5.92 Å². The number of nitrogens with one attached hydrogen (secondary N) is 2. The molecule has 0 bridgehead atoms. The van der Waals surface area contributed by atoms with Crippen molar-refractivity contribution in [3.63, 3.8) is 0 Å². The molecule has 3 rings (SSSR count). The maximum absolute atomic E-state index is 12.3. The topological polar surface area (TPSA) is 60.5 Å². The standard InChI is InChI=1S/C17H27N5O.3ClH/c1-21-8-10-22(11-9-21)16-14(4-3-7-19-16)13-20-17(23)15-5-2-6-18-12-15;;;/h3-4,7,15,18H,2,5-6,8-13H2,1H3,(H,20,23);3*1H. The number of pyridine rings is 1. The lowest BCUT2D eigenvalue weighted by molar-refractivity contribution is -0.125. The van der Waals surface area contributed by atoms with Crippen LogP contribution in [0.1, 0.15) is 18.4 Å². The van der Waals surface area contributed by atoms with Gasteiger partial charge in [-0.1, -0.05) is 6.07 Å². The van der Waals surface area contributed by atoms with Crippen molar-refractivity contribution in [3.8, 4) is 0 Å². The largest absolute Gasteiger partial charge is 0.354 e. The summed E-state index contributed by atoms with van der Waals surface area (Å²) in [5.41, 5.74) is 1.11. The normalized spacial score (nSPS) is 20.2. The van der Waals surface area contributed by atoms with Gasteiger partial charge in [0.15, 0.2) is 0 Å². The molecular weight excluding hydrogens is 397 g/mol. The number of nitrogens with zero attached hydrogens (tertiary/aromatic N) is 3. The van der Waals surface area contributed by atoms with Crippen molar-refractivity contribution in [2.45, 2.75) is 19.4 Å². The number of piperazine rings is 1. The van der Waals surface area contributed by atoms with Crippen molar-refractivity contribution < 1.29 is 4.79 Å². The van der Waals surface area contributed by atoms with Crippen LogP contribution >= 0.6 is 37.2 Å². The minimum atomic E-state index is 0. The van der Waals surface area contributed by atoms with Crippen LogP contribution < -0.4 is 15.5 Å². The lowest BCUT2D eigenvalue weighted by atomic mass is 9.99. The van der Waals surface area contributed by atoms with Gasteiger partial charge in [-0.05, 0) is 32.5 Å². The van der Waals surface area contributed by atoms with E-state index in [4.69, 9.17) is 0 Å². The molecule has 3 heterocycles. The number of likely N-dealkylation sites (N-methyl/N-ethyl adjacent to an activating group) is 1. The van der Waals surface area contributed by atoms with Crippen molar-refractivity contribution in [1.82, 2.24) is 20.5 Å². The molecule has 1 aromatic rings. The fraction of sp³-hybridized carbons (Fsp3) is 0.647. The van der Waals surface area contributed by atoms with E-state index in [0.717, 1.165) is 63.5 Å². The Kier molecular flexibility index (Phi) is 12.2. The van der Waals surface area contributed by atoms with Gasteiger partial charge in [0, 0.05) is 51.0 Å². The number of carbonyl (C=O) groups excluding carboxylic acids is 1. The predicted molar refractivity (Wildman–Crippen MR) is 113 cm³/mol. The Morgan fingerprint density at radius 2 is 2.00 bits per heavy atom. The summed E-state index contributed by atoms with van der Waals surface area (Å²) in [6.45, 7) is 6.46. The second kappa shape index (κ2) is 12.6. The second-order valence-corrected chi connectivity index (χ2v) is 6.54. The van der Waals surface area contributed by atoms with E-state index in [1.807, 2.05) is 12.3 Å². The lowest BCUT2D eigenvalue weighted by Crippen LogP contribution is -2.45. The third-order valence-corrected chi connectivity index (χ3v) is 4.79. The van der Waals surface area contributed by atoms with Gasteiger partial charge in [-0.25, -0.2) is 4.98 Å². The molecule has 2 fully saturated rings. The van der Waals surface area contributed by atoms with E-state index in [9.17, 15) is 4.79 Å². The first-order valence-corrected chi connectivity index (χ1v) is 8.60. The third-order valence-electron chi connectivity index (χ3n) is 4.79. The van der Waals surface area contributed by atoms with E-state index in [1.165, 1.54) is 0 Å². The van der Waals surface area contributed by atoms with Gasteiger partial charge in [0.05, 0.1) is 5.92 Å². The highest BCUT2D eigenvalue weighted by Gasteiger charge is 2.22. The average Bonchev–Trinajstić information content (AvgIpc) is 2.61. The highest BCUT2D eigenvalue weighted by Crippen LogP contribution is 2.19. The van der Waals surface area contributed by atoms with Crippen LogP contribution in [0.25, 0.3) is 0 Å². The second-order valence-electron chi connectivity index (χ2n) is 6.54. The summed E-state index contributed by atoms with van der Waals surface area (Å²) in [7, 11) is 2.15. The average molecular weight is 427 g/mol. The van der Waals surface area contributed by atoms with Crippen LogP contribution in [-0.2, 0) is 11.3 Å². The van der Waals surface area contributed by atoms with Gasteiger partial charge in [-0.3, -0.25) is 4.79 Å². The molecule has 2 aliphatic rings. The number of aromatic nitrogens is 1. The van der Waals surface area contributed by atoms with Crippen LogP contribution in [0, 0.1) is 5.92 Å². The van der Waals surface area contributed by atoms with Gasteiger partial charge >= 0.3 is 0 Å². The molecule has 2 saturated heterocycles. The minimum Gasteiger partial charge on any atom is -0.354 e. The minimum absolute atomic E-state index is 0. The Labute approximate surface area is 174 Å². The monoisotopic (exact) mass is 425 g/mol. The van der Waals surface area contributed by atoms with Gasteiger partial charge in [-0.15, -0.1) is 37.2 Å². The number of rotatable bonds is 4. The first-order valence-electron chi connectivity index (χ1n) is 8.60. The van der Waals surface area contributed by atoms with E-state index in [1.54, 1.807) is 0 Å². The smallest absolute Gasteiger partial charge is 0.224 e. The van der Waals surface area contributed by atoms with Crippen LogP contribution in [-0.4, -0.2) is 62.1 Å². The van der Waals surface area contributed by atoms with Gasteiger partial charge in [0.1, 0.15) is 5.82 Å². The summed E-state index contributed by atoms with van der Waals surface area (Å²) >= 11 is 0. The predicted octanol–water partition coefficient (Wildman–Crippen LogP) is 1.71. The molecular formula is C17H30Cl3N5O. The summed E-state index contributed by atoms with van der Waals surface area (Å²) in [4.78, 5) is 21.5. The number of hydrogen-bond donors (Lipinski definition) is 2. The number of piperidine rings is 1. The quantitative estimate of drug-likeness (QED) is 0.767. The Morgan fingerprint density at radius 3 is 2.65 bits per heavy atom. The molecule has 9 heteroatoms. The zero-order chi connectivity index (χ0) is 16.1. The fourth-order valence-corrected chi connectivity index (χ4v) is 3.27. The van der Waals surface area contributed by atoms with Gasteiger partial charge in [-0.2, -0.15) is 0 Å². The number of amides is 1. The van der Waals surface area contributed by atoms with E-state index in [2.05, 4.69) is 38.5 Å². The molecule has 1 amide bonds. The van der Waals surface area contributed by atoms with Crippen LogP contribution in [0.5, 0.6) is 0 Å². The summed E-state index contributed by atoms with van der Waals surface area (Å²) in [6, 6.07) is 4.02. The molecule has 2 N–H and O–H groups in total. The van der Waals surface area contributed by atoms with Crippen LogP contribution in [0.15, 0.2) is 18.3 Å². The van der Waals surface area contributed by atoms with Gasteiger partial charge < -0.3 is 20.4 Å². The Morgan fingerprint density at radius 1 is 1.27 bits per heavy atom. The highest BCUT2D eigenvalue weighted by atomic mass is 35.5. The number of anilines is 1. The molecule has 0 aliphatic carbocycles. The fourth-order valence-electron chi connectivity index (χ4n) is 3.27.